The van der Waals surface area contributed by atoms with Gasteiger partial charge in [0.05, 0.1) is 14.2 Å². The van der Waals surface area contributed by atoms with E-state index in [-0.39, 0.29) is 10.7 Å². The van der Waals surface area contributed by atoms with E-state index in [4.69, 9.17) is 21.7 Å². The summed E-state index contributed by atoms with van der Waals surface area (Å²) in [6.07, 6.45) is 4.38. The van der Waals surface area contributed by atoms with Gasteiger partial charge >= 0.3 is 0 Å². The summed E-state index contributed by atoms with van der Waals surface area (Å²) in [5.74, 6) is 0.404. The van der Waals surface area contributed by atoms with E-state index in [9.17, 15) is 4.79 Å². The zero-order valence-electron chi connectivity index (χ0n) is 16.1. The number of nitrogens with one attached hydrogen (secondary N) is 2. The molecule has 0 atom stereocenters. The van der Waals surface area contributed by atoms with Crippen LogP contribution in [0.4, 0.5) is 5.69 Å². The minimum Gasteiger partial charge on any atom is -0.496 e. The molecule has 3 aromatic rings. The number of rotatable bonds is 6. The van der Waals surface area contributed by atoms with Gasteiger partial charge in [-0.25, -0.2) is 0 Å². The highest BCUT2D eigenvalue weighted by atomic mass is 32.1. The van der Waals surface area contributed by atoms with Gasteiger partial charge in [-0.05, 0) is 66.2 Å². The largest absolute Gasteiger partial charge is 0.496 e. The van der Waals surface area contributed by atoms with Crippen molar-refractivity contribution < 1.29 is 14.3 Å². The summed E-state index contributed by atoms with van der Waals surface area (Å²) in [7, 11) is 2.99. The van der Waals surface area contributed by atoms with Crippen LogP contribution in [0.25, 0.3) is 0 Å². The molecule has 0 radical (unpaired) electrons. The van der Waals surface area contributed by atoms with E-state index in [1.54, 1.807) is 30.6 Å². The van der Waals surface area contributed by atoms with Crippen LogP contribution in [0.15, 0.2) is 67.0 Å². The second kappa shape index (κ2) is 9.66. The number of hydrogen-bond donors (Lipinski definition) is 2. The average Bonchev–Trinajstić information content (AvgIpc) is 2.75. The van der Waals surface area contributed by atoms with Gasteiger partial charge in [-0.3, -0.25) is 15.1 Å². The normalized spacial score (nSPS) is 10.1. The molecule has 0 aliphatic carbocycles. The van der Waals surface area contributed by atoms with Crippen LogP contribution in [0, 0.1) is 0 Å². The summed E-state index contributed by atoms with van der Waals surface area (Å²) in [5.41, 5.74) is 3.42. The third-order valence-corrected chi connectivity index (χ3v) is 4.46. The number of hydrogen-bond acceptors (Lipinski definition) is 5. The number of thiocarbonyl (C=S) groups is 1. The highest BCUT2D eigenvalue weighted by Gasteiger charge is 2.19. The Morgan fingerprint density at radius 2 is 1.52 bits per heavy atom. The molecule has 1 aromatic heterocycles. The highest BCUT2D eigenvalue weighted by Crippen LogP contribution is 2.28. The van der Waals surface area contributed by atoms with Gasteiger partial charge in [0.15, 0.2) is 5.11 Å². The molecule has 0 fully saturated rings. The lowest BCUT2D eigenvalue weighted by Gasteiger charge is -2.14. The Morgan fingerprint density at radius 3 is 2.10 bits per heavy atom. The van der Waals surface area contributed by atoms with Gasteiger partial charge < -0.3 is 14.8 Å². The number of pyridine rings is 1. The lowest BCUT2D eigenvalue weighted by molar-refractivity contribution is 0.0971. The maximum absolute atomic E-state index is 12.7. The number of anilines is 1. The molecule has 1 heterocycles. The van der Waals surface area contributed by atoms with Crippen LogP contribution < -0.4 is 20.1 Å². The predicted octanol–water partition coefficient (Wildman–Crippen LogP) is 3.82. The number of benzene rings is 2. The van der Waals surface area contributed by atoms with E-state index in [0.717, 1.165) is 17.7 Å². The van der Waals surface area contributed by atoms with E-state index in [0.29, 0.717) is 11.5 Å². The van der Waals surface area contributed by atoms with E-state index >= 15 is 0 Å². The molecule has 29 heavy (non-hydrogen) atoms. The van der Waals surface area contributed by atoms with Crippen molar-refractivity contribution in [3.63, 3.8) is 0 Å². The lowest BCUT2D eigenvalue weighted by Crippen LogP contribution is -2.34. The van der Waals surface area contributed by atoms with Crippen molar-refractivity contribution in [3.05, 3.63) is 83.7 Å². The standard InChI is InChI=1S/C22H21N3O3S/c1-27-18-4-3-5-19(28-2)20(18)21(26)25-22(29)24-17-8-6-15(7-9-17)14-16-10-12-23-13-11-16/h3-13H,14H2,1-2H3,(H2,24,25,26,29). The third kappa shape index (κ3) is 5.30. The molecule has 2 N–H and O–H groups in total. The SMILES string of the molecule is COc1cccc(OC)c1C(=O)NC(=S)Nc1ccc(Cc2ccncc2)cc1. The van der Waals surface area contributed by atoms with Gasteiger partial charge in [-0.15, -0.1) is 0 Å². The monoisotopic (exact) mass is 407 g/mol. The van der Waals surface area contributed by atoms with Gasteiger partial charge in [-0.1, -0.05) is 18.2 Å². The molecule has 3 rings (SSSR count). The first kappa shape index (κ1) is 20.3. The minimum atomic E-state index is -0.411. The van der Waals surface area contributed by atoms with Crippen molar-refractivity contribution in [2.45, 2.75) is 6.42 Å². The van der Waals surface area contributed by atoms with Crippen molar-refractivity contribution in [2.75, 3.05) is 19.5 Å². The molecule has 2 aromatic carbocycles. The first-order chi connectivity index (χ1) is 14.1. The lowest BCUT2D eigenvalue weighted by atomic mass is 10.1. The summed E-state index contributed by atoms with van der Waals surface area (Å²) < 4.78 is 10.5. The van der Waals surface area contributed by atoms with Crippen molar-refractivity contribution >= 4 is 28.9 Å². The first-order valence-electron chi connectivity index (χ1n) is 8.92. The molecule has 0 aliphatic heterocycles. The molecule has 0 bridgehead atoms. The first-order valence-corrected chi connectivity index (χ1v) is 9.32. The minimum absolute atomic E-state index is 0.185. The second-order valence-corrected chi connectivity index (χ2v) is 6.58. The molecular weight excluding hydrogens is 386 g/mol. The molecule has 0 spiro atoms. The topological polar surface area (TPSA) is 72.5 Å². The number of ether oxygens (including phenoxy) is 2. The Bertz CT molecular complexity index is 970. The van der Waals surface area contributed by atoms with E-state index < -0.39 is 5.91 Å². The molecule has 0 unspecified atom stereocenters. The summed E-state index contributed by atoms with van der Waals surface area (Å²) in [5, 5.41) is 5.86. The molecule has 6 nitrogen and oxygen atoms in total. The number of amides is 1. The van der Waals surface area contributed by atoms with Crippen LogP contribution >= 0.6 is 12.2 Å². The van der Waals surface area contributed by atoms with Gasteiger partial charge in [0.2, 0.25) is 0 Å². The maximum atomic E-state index is 12.7. The van der Waals surface area contributed by atoms with Crippen LogP contribution in [-0.2, 0) is 6.42 Å². The van der Waals surface area contributed by atoms with Crippen molar-refractivity contribution in [3.8, 4) is 11.5 Å². The Kier molecular flexibility index (Phi) is 6.76. The summed E-state index contributed by atoms with van der Waals surface area (Å²) >= 11 is 5.28. The fraction of sp³-hybridized carbons (Fsp3) is 0.136. The van der Waals surface area contributed by atoms with Gasteiger partial charge in [-0.2, -0.15) is 0 Å². The summed E-state index contributed by atoms with van der Waals surface area (Å²) in [6.45, 7) is 0. The number of nitrogens with zero attached hydrogens (tertiary/aromatic N) is 1. The van der Waals surface area contributed by atoms with E-state index in [1.807, 2.05) is 36.4 Å². The third-order valence-electron chi connectivity index (χ3n) is 4.25. The number of aromatic nitrogens is 1. The summed E-state index contributed by atoms with van der Waals surface area (Å²) in [6, 6.07) is 17.0. The van der Waals surface area contributed by atoms with Crippen molar-refractivity contribution in [2.24, 2.45) is 0 Å². The Labute approximate surface area is 174 Å². The van der Waals surface area contributed by atoms with Gasteiger partial charge in [0, 0.05) is 18.1 Å². The smallest absolute Gasteiger partial charge is 0.264 e. The van der Waals surface area contributed by atoms with Crippen LogP contribution in [0.1, 0.15) is 21.5 Å². The maximum Gasteiger partial charge on any atom is 0.264 e. The van der Waals surface area contributed by atoms with E-state index in [1.165, 1.54) is 19.8 Å². The van der Waals surface area contributed by atoms with Crippen molar-refractivity contribution in [1.29, 1.82) is 0 Å². The van der Waals surface area contributed by atoms with Crippen LogP contribution in [-0.4, -0.2) is 30.2 Å². The number of carbonyl (C=O) groups is 1. The summed E-state index contributed by atoms with van der Waals surface area (Å²) in [4.78, 5) is 16.7. The van der Waals surface area contributed by atoms with Gasteiger partial charge in [0.1, 0.15) is 17.1 Å². The quantitative estimate of drug-likeness (QED) is 0.606. The molecule has 0 saturated carbocycles. The predicted molar refractivity (Wildman–Crippen MR) is 117 cm³/mol. The fourth-order valence-electron chi connectivity index (χ4n) is 2.85. The zero-order valence-corrected chi connectivity index (χ0v) is 17.0. The van der Waals surface area contributed by atoms with Crippen LogP contribution in [0.2, 0.25) is 0 Å². The Hall–Kier alpha value is -3.45. The molecule has 0 saturated heterocycles. The molecule has 1 amide bonds. The highest BCUT2D eigenvalue weighted by molar-refractivity contribution is 7.80. The number of methoxy groups -OCH3 is 2. The second-order valence-electron chi connectivity index (χ2n) is 6.17. The molecule has 7 heteroatoms. The fourth-order valence-corrected chi connectivity index (χ4v) is 3.06. The Morgan fingerprint density at radius 1 is 0.931 bits per heavy atom. The molecular formula is C22H21N3O3S. The number of carbonyl (C=O) groups excluding carboxylic acids is 1. The van der Waals surface area contributed by atoms with E-state index in [2.05, 4.69) is 15.6 Å². The molecule has 0 aliphatic rings. The van der Waals surface area contributed by atoms with Crippen LogP contribution in [0.3, 0.4) is 0 Å². The zero-order chi connectivity index (χ0) is 20.6. The molecule has 148 valence electrons. The van der Waals surface area contributed by atoms with Crippen LogP contribution in [0.5, 0.6) is 11.5 Å². The Balaban J connectivity index is 1.63. The average molecular weight is 407 g/mol. The van der Waals surface area contributed by atoms with Crippen molar-refractivity contribution in [1.82, 2.24) is 10.3 Å². The van der Waals surface area contributed by atoms with Gasteiger partial charge in [0.25, 0.3) is 5.91 Å².